The van der Waals surface area contributed by atoms with Gasteiger partial charge in [0, 0.05) is 0 Å². The summed E-state index contributed by atoms with van der Waals surface area (Å²) in [6, 6.07) is 0. The van der Waals surface area contributed by atoms with Crippen molar-refractivity contribution in [2.75, 3.05) is 18.1 Å². The number of β-amino-alcohol motifs (C(OH)–C–C–N with tert-alkyl or cyclic N) is 1. The Morgan fingerprint density at radius 3 is 2.07 bits per heavy atom. The number of anilines is 1. The number of fused-ring (bicyclic) bond motifs is 1. The summed E-state index contributed by atoms with van der Waals surface area (Å²) in [4.78, 5) is 28.2. The van der Waals surface area contributed by atoms with Gasteiger partial charge in [-0.05, 0) is 0 Å². The fourth-order valence-electron chi connectivity index (χ4n) is 2.68. The van der Waals surface area contributed by atoms with E-state index in [1.807, 2.05) is 0 Å². The minimum atomic E-state index is -6.15. The van der Waals surface area contributed by atoms with Gasteiger partial charge in [0.25, 0.3) is 11.3 Å². The lowest BCUT2D eigenvalue weighted by molar-refractivity contribution is -0.240. The zero-order valence-electron chi connectivity index (χ0n) is 14.4. The van der Waals surface area contributed by atoms with Crippen LogP contribution in [0.1, 0.15) is 0 Å². The summed E-state index contributed by atoms with van der Waals surface area (Å²) in [7, 11) is 0. The van der Waals surface area contributed by atoms with Crippen molar-refractivity contribution < 1.29 is 51.9 Å². The predicted molar refractivity (Wildman–Crippen MR) is 84.3 cm³/mol. The molecule has 0 radical (unpaired) electrons. The second-order valence-electron chi connectivity index (χ2n) is 6.15. The van der Waals surface area contributed by atoms with Gasteiger partial charge in [0.15, 0.2) is 11.4 Å². The number of aromatic nitrogens is 2. The molecule has 0 spiro atoms. The smallest absolute Gasteiger partial charge is 0.394 e. The summed E-state index contributed by atoms with van der Waals surface area (Å²) in [5, 5.41) is 47.7. The van der Waals surface area contributed by atoms with Gasteiger partial charge < -0.3 is 30.4 Å². The number of aliphatic imine (C=N–C) groups is 1. The molecule has 0 bridgehead atoms. The first-order valence-electron chi connectivity index (χ1n) is 7.80. The van der Waals surface area contributed by atoms with Gasteiger partial charge in [0.1, 0.15) is 24.1 Å². The fourth-order valence-corrected chi connectivity index (χ4v) is 2.68. The molecule has 1 aromatic heterocycles. The summed E-state index contributed by atoms with van der Waals surface area (Å²) in [6.45, 7) is -2.89. The van der Waals surface area contributed by atoms with Gasteiger partial charge in [0.05, 0.1) is 13.2 Å². The number of H-pyrrole nitrogens is 2. The van der Waals surface area contributed by atoms with Crippen molar-refractivity contribution in [3.05, 3.63) is 20.8 Å². The largest absolute Gasteiger partial charge is 0.443 e. The Labute approximate surface area is 160 Å². The van der Waals surface area contributed by atoms with E-state index in [-0.39, 0.29) is 0 Å². The van der Waals surface area contributed by atoms with E-state index >= 15 is 0 Å². The average Bonchev–Trinajstić information content (AvgIpc) is 2.60. The van der Waals surface area contributed by atoms with Crippen LogP contribution >= 0.6 is 0 Å². The topological polar surface area (TPSA) is 182 Å². The number of nitrogens with zero attached hydrogens (tertiary/aromatic N) is 2. The monoisotopic (exact) mass is 452 g/mol. The van der Waals surface area contributed by atoms with E-state index in [4.69, 9.17) is 5.11 Å². The van der Waals surface area contributed by atoms with Crippen LogP contribution in [0, 0.1) is 0 Å². The third-order valence-electron chi connectivity index (χ3n) is 4.12. The van der Waals surface area contributed by atoms with Crippen molar-refractivity contribution in [2.45, 2.75) is 36.4 Å². The molecule has 0 fully saturated rings. The number of aliphatic hydroxyl groups excluding tert-OH is 4. The lowest BCUT2D eigenvalue weighted by Gasteiger charge is -2.45. The minimum Gasteiger partial charge on any atom is -0.394 e. The molecule has 0 saturated carbocycles. The number of hydrogen-bond acceptors (Lipinski definition) is 9. The van der Waals surface area contributed by atoms with Crippen molar-refractivity contribution in [3.8, 4) is 0 Å². The highest BCUT2D eigenvalue weighted by Gasteiger charge is 2.70. The first-order valence-corrected chi connectivity index (χ1v) is 7.80. The second-order valence-corrected chi connectivity index (χ2v) is 6.15. The molecule has 1 aliphatic heterocycles. The van der Waals surface area contributed by atoms with Crippen LogP contribution in [0.2, 0.25) is 0 Å². The molecule has 4 atom stereocenters. The molecular weight excluding hydrogens is 438 g/mol. The van der Waals surface area contributed by atoms with Gasteiger partial charge in [-0.1, -0.05) is 0 Å². The third-order valence-corrected chi connectivity index (χ3v) is 4.12. The van der Waals surface area contributed by atoms with Crippen molar-refractivity contribution >= 4 is 17.2 Å². The molecule has 30 heavy (non-hydrogen) atoms. The molecule has 11 nitrogen and oxygen atoms in total. The summed E-state index contributed by atoms with van der Waals surface area (Å²) >= 11 is 0. The normalized spacial score (nSPS) is 22.9. The van der Waals surface area contributed by atoms with E-state index in [1.165, 1.54) is 4.98 Å². The third kappa shape index (κ3) is 3.93. The number of aromatic amines is 2. The van der Waals surface area contributed by atoms with E-state index in [0.29, 0.717) is 0 Å². The predicted octanol–water partition coefficient (Wildman–Crippen LogP) is -2.16. The van der Waals surface area contributed by atoms with Crippen LogP contribution in [-0.2, 0) is 0 Å². The van der Waals surface area contributed by atoms with Crippen LogP contribution in [0.25, 0.3) is 0 Å². The minimum absolute atomic E-state index is 0.632. The van der Waals surface area contributed by atoms with E-state index in [1.54, 1.807) is 4.98 Å². The van der Waals surface area contributed by atoms with Gasteiger partial charge in [-0.15, -0.1) is 0 Å². The maximum atomic E-state index is 13.6. The van der Waals surface area contributed by atoms with Crippen molar-refractivity contribution in [2.24, 2.45) is 4.99 Å². The Hall–Kier alpha value is -2.47. The summed E-state index contributed by atoms with van der Waals surface area (Å²) in [6.07, 6.45) is -19.1. The molecule has 170 valence electrons. The van der Waals surface area contributed by atoms with E-state index < -0.39 is 82.9 Å². The Balaban J connectivity index is 2.80. The molecule has 0 aromatic carbocycles. The molecule has 1 aromatic rings. The molecule has 0 amide bonds. The quantitative estimate of drug-likeness (QED) is 0.247. The number of rotatable bonds is 5. The van der Waals surface area contributed by atoms with E-state index in [2.05, 4.69) is 4.99 Å². The van der Waals surface area contributed by atoms with Gasteiger partial charge in [0.2, 0.25) is 0 Å². The Morgan fingerprint density at radius 2 is 1.60 bits per heavy atom. The average molecular weight is 452 g/mol. The zero-order chi connectivity index (χ0) is 23.2. The van der Waals surface area contributed by atoms with Crippen LogP contribution in [-0.4, -0.2) is 90.8 Å². The number of nitrogens with one attached hydrogen (secondary N) is 2. The standard InChI is InChI=1S/C13H14F6N4O7/c14-12(15,16)9-11(30,13(17,18)19)23(1-3(25)6(27)4(26)2-24)7-5(20-9)8(28)22-10(29)21-7/h3-4,6,24-27,30H,1-2H2,(H2,21,22,28,29)/t3-,4+,6-,11?/m0/s1. The molecular formula is C13H14F6N4O7. The summed E-state index contributed by atoms with van der Waals surface area (Å²) in [5.74, 6) is -1.35. The number of hydrogen-bond donors (Lipinski definition) is 7. The van der Waals surface area contributed by atoms with Crippen LogP contribution in [0.5, 0.6) is 0 Å². The molecule has 2 rings (SSSR count). The lowest BCUT2D eigenvalue weighted by atomic mass is 9.98. The molecule has 1 unspecified atom stereocenters. The van der Waals surface area contributed by atoms with Crippen molar-refractivity contribution in [1.29, 1.82) is 0 Å². The number of alkyl halides is 6. The maximum Gasteiger partial charge on any atom is 0.443 e. The van der Waals surface area contributed by atoms with Crippen molar-refractivity contribution in [1.82, 2.24) is 9.97 Å². The van der Waals surface area contributed by atoms with Crippen LogP contribution < -0.4 is 16.1 Å². The molecule has 0 aliphatic carbocycles. The Bertz CT molecular complexity index is 942. The summed E-state index contributed by atoms with van der Waals surface area (Å²) in [5.41, 5.74) is -12.4. The van der Waals surface area contributed by atoms with Crippen LogP contribution in [0.3, 0.4) is 0 Å². The first-order chi connectivity index (χ1) is 13.6. The fraction of sp³-hybridized carbons (Fsp3) is 0.615. The van der Waals surface area contributed by atoms with Gasteiger partial charge in [-0.2, -0.15) is 26.3 Å². The van der Waals surface area contributed by atoms with Crippen molar-refractivity contribution in [3.63, 3.8) is 0 Å². The SMILES string of the molecule is O=c1[nH]c2c(c(=O)[nH]1)N=C(C(F)(F)F)C(O)(C(F)(F)F)N2C[C@H](O)[C@H](O)[C@H](O)CO. The molecule has 7 N–H and O–H groups in total. The highest BCUT2D eigenvalue weighted by Crippen LogP contribution is 2.46. The molecule has 17 heteroatoms. The Kier molecular flexibility index (Phi) is 6.07. The van der Waals surface area contributed by atoms with Crippen LogP contribution in [0.4, 0.5) is 37.8 Å². The van der Waals surface area contributed by atoms with Gasteiger partial charge in [-0.25, -0.2) is 9.79 Å². The Morgan fingerprint density at radius 1 is 1.03 bits per heavy atom. The second kappa shape index (κ2) is 7.65. The van der Waals surface area contributed by atoms with E-state index in [9.17, 15) is 56.4 Å². The van der Waals surface area contributed by atoms with Gasteiger partial charge in [-0.3, -0.25) is 14.8 Å². The maximum absolute atomic E-state index is 13.6. The molecule has 1 aliphatic rings. The molecule has 2 heterocycles. The first kappa shape index (κ1) is 23.8. The van der Waals surface area contributed by atoms with E-state index in [0.717, 1.165) is 0 Å². The number of aliphatic hydroxyl groups is 5. The summed E-state index contributed by atoms with van der Waals surface area (Å²) < 4.78 is 80.9. The lowest BCUT2D eigenvalue weighted by Crippen LogP contribution is -2.70. The van der Waals surface area contributed by atoms with Gasteiger partial charge >= 0.3 is 18.0 Å². The highest BCUT2D eigenvalue weighted by atomic mass is 19.4. The highest BCUT2D eigenvalue weighted by molar-refractivity contribution is 6.04. The molecule has 0 saturated heterocycles. The zero-order valence-corrected chi connectivity index (χ0v) is 14.4. The number of halogens is 6. The van der Waals surface area contributed by atoms with Crippen LogP contribution in [0.15, 0.2) is 14.6 Å².